The van der Waals surface area contributed by atoms with E-state index >= 15 is 0 Å². The summed E-state index contributed by atoms with van der Waals surface area (Å²) < 4.78 is 8.26. The standard InChI is InChI=1S/C23H22ClN7O3/c1-5-15-21-30(4)22(32)14-9-11(2)8-13(19(14)31(21)10-25-15)12(3)26-16-6-7-17(24)27-18(16)20-28-23(33)34-29-20/h6-10,12,26H,5H2,1-4H3,(H,28,29,33). The van der Waals surface area contributed by atoms with Crippen LogP contribution in [0.3, 0.4) is 0 Å². The number of benzene rings is 1. The lowest BCUT2D eigenvalue weighted by molar-refractivity contribution is 0.388. The van der Waals surface area contributed by atoms with Gasteiger partial charge in [0.2, 0.25) is 5.82 Å². The van der Waals surface area contributed by atoms with Crippen LogP contribution in [0.15, 0.2) is 44.7 Å². The number of halogens is 1. The lowest BCUT2D eigenvalue weighted by Crippen LogP contribution is -2.22. The summed E-state index contributed by atoms with van der Waals surface area (Å²) in [6.45, 7) is 5.96. The van der Waals surface area contributed by atoms with Gasteiger partial charge in [0.1, 0.15) is 22.8 Å². The summed E-state index contributed by atoms with van der Waals surface area (Å²) in [5.41, 5.74) is 5.14. The van der Waals surface area contributed by atoms with Gasteiger partial charge in [-0.2, -0.15) is 0 Å². The first kappa shape index (κ1) is 21.9. The fourth-order valence-corrected chi connectivity index (χ4v) is 4.52. The Balaban J connectivity index is 1.71. The van der Waals surface area contributed by atoms with Gasteiger partial charge in [-0.15, -0.1) is 0 Å². The third kappa shape index (κ3) is 3.47. The number of rotatable bonds is 5. The van der Waals surface area contributed by atoms with Crippen LogP contribution in [0.5, 0.6) is 0 Å². The van der Waals surface area contributed by atoms with Crippen LogP contribution in [-0.2, 0) is 13.5 Å². The monoisotopic (exact) mass is 479 g/mol. The predicted molar refractivity (Wildman–Crippen MR) is 129 cm³/mol. The molecule has 11 heteroatoms. The Bertz CT molecular complexity index is 1680. The van der Waals surface area contributed by atoms with E-state index in [1.54, 1.807) is 30.1 Å². The molecule has 5 aromatic rings. The zero-order valence-corrected chi connectivity index (χ0v) is 19.8. The number of fused-ring (bicyclic) bond motifs is 3. The number of hydrogen-bond acceptors (Lipinski definition) is 7. The number of hydrogen-bond donors (Lipinski definition) is 2. The second-order valence-corrected chi connectivity index (χ2v) is 8.58. The van der Waals surface area contributed by atoms with E-state index in [4.69, 9.17) is 11.6 Å². The topological polar surface area (TPSA) is 123 Å². The fraction of sp³-hybridized carbons (Fsp3) is 0.261. The first-order valence-electron chi connectivity index (χ1n) is 10.8. The summed E-state index contributed by atoms with van der Waals surface area (Å²) in [5.74, 6) is -0.528. The molecule has 0 radical (unpaired) electrons. The van der Waals surface area contributed by atoms with Crippen molar-refractivity contribution in [2.75, 3.05) is 5.32 Å². The number of H-pyrrole nitrogens is 1. The number of pyridine rings is 1. The molecule has 1 unspecified atom stereocenters. The number of aromatic nitrogens is 6. The Kier molecular flexibility index (Phi) is 5.24. The van der Waals surface area contributed by atoms with Crippen LogP contribution in [0.1, 0.15) is 36.7 Å². The second kappa shape index (κ2) is 8.14. The van der Waals surface area contributed by atoms with Crippen LogP contribution in [0.4, 0.5) is 5.69 Å². The maximum atomic E-state index is 13.3. The number of nitrogens with one attached hydrogen (secondary N) is 2. The summed E-state index contributed by atoms with van der Waals surface area (Å²) in [7, 11) is 1.77. The van der Waals surface area contributed by atoms with E-state index < -0.39 is 5.76 Å². The predicted octanol–water partition coefficient (Wildman–Crippen LogP) is 3.62. The van der Waals surface area contributed by atoms with E-state index in [1.807, 2.05) is 37.3 Å². The van der Waals surface area contributed by atoms with Crippen molar-refractivity contribution in [1.29, 1.82) is 0 Å². The molecule has 10 nitrogen and oxygen atoms in total. The highest BCUT2D eigenvalue weighted by Gasteiger charge is 2.21. The van der Waals surface area contributed by atoms with Crippen molar-refractivity contribution in [1.82, 2.24) is 29.1 Å². The summed E-state index contributed by atoms with van der Waals surface area (Å²) in [6.07, 6.45) is 2.47. The number of aryl methyl sites for hydroxylation is 3. The molecule has 0 amide bonds. The Morgan fingerprint density at radius 2 is 2.06 bits per heavy atom. The molecule has 2 N–H and O–H groups in total. The van der Waals surface area contributed by atoms with Crippen molar-refractivity contribution in [2.45, 2.75) is 33.2 Å². The quantitative estimate of drug-likeness (QED) is 0.369. The lowest BCUT2D eigenvalue weighted by Gasteiger charge is -2.21. The summed E-state index contributed by atoms with van der Waals surface area (Å²) in [5, 5.41) is 8.03. The Hall–Kier alpha value is -3.92. The molecule has 4 aromatic heterocycles. The minimum absolute atomic E-state index is 0.0797. The number of anilines is 1. The molecule has 0 saturated heterocycles. The van der Waals surface area contributed by atoms with E-state index in [9.17, 15) is 9.59 Å². The lowest BCUT2D eigenvalue weighted by atomic mass is 10.0. The highest BCUT2D eigenvalue weighted by atomic mass is 35.5. The zero-order chi connectivity index (χ0) is 24.1. The van der Waals surface area contributed by atoms with Gasteiger partial charge in [-0.25, -0.2) is 14.8 Å². The molecule has 34 heavy (non-hydrogen) atoms. The van der Waals surface area contributed by atoms with Gasteiger partial charge < -0.3 is 5.32 Å². The number of imidazole rings is 1. The van der Waals surface area contributed by atoms with Gasteiger partial charge in [0.05, 0.1) is 28.3 Å². The molecular formula is C23H22ClN7O3. The largest absolute Gasteiger partial charge is 0.439 e. The summed E-state index contributed by atoms with van der Waals surface area (Å²) >= 11 is 6.10. The van der Waals surface area contributed by atoms with Crippen molar-refractivity contribution in [3.05, 3.63) is 73.5 Å². The molecule has 1 aromatic carbocycles. The highest BCUT2D eigenvalue weighted by Crippen LogP contribution is 2.32. The zero-order valence-electron chi connectivity index (χ0n) is 19.0. The van der Waals surface area contributed by atoms with Gasteiger partial charge in [0.25, 0.3) is 5.56 Å². The maximum Gasteiger partial charge on any atom is 0.439 e. The average Bonchev–Trinajstić information content (AvgIpc) is 3.44. The van der Waals surface area contributed by atoms with Crippen molar-refractivity contribution in [3.63, 3.8) is 0 Å². The Labute approximate surface area is 198 Å². The molecule has 0 bridgehead atoms. The van der Waals surface area contributed by atoms with Gasteiger partial charge in [-0.3, -0.25) is 23.3 Å². The van der Waals surface area contributed by atoms with E-state index in [-0.39, 0.29) is 22.6 Å². The first-order chi connectivity index (χ1) is 16.3. The molecule has 0 aliphatic heterocycles. The summed E-state index contributed by atoms with van der Waals surface area (Å²) in [6, 6.07) is 7.09. The minimum atomic E-state index is -0.689. The molecule has 5 rings (SSSR count). The van der Waals surface area contributed by atoms with E-state index in [1.165, 1.54) is 0 Å². The molecule has 1 atom stereocenters. The van der Waals surface area contributed by atoms with Gasteiger partial charge >= 0.3 is 5.76 Å². The molecule has 0 spiro atoms. The van der Waals surface area contributed by atoms with Crippen LogP contribution in [0.25, 0.3) is 28.1 Å². The van der Waals surface area contributed by atoms with E-state index in [0.717, 1.165) is 28.0 Å². The number of aromatic amines is 1. The van der Waals surface area contributed by atoms with E-state index in [0.29, 0.717) is 23.2 Å². The highest BCUT2D eigenvalue weighted by molar-refractivity contribution is 6.29. The van der Waals surface area contributed by atoms with Crippen LogP contribution >= 0.6 is 11.6 Å². The molecule has 4 heterocycles. The third-order valence-electron chi connectivity index (χ3n) is 5.89. The molecule has 174 valence electrons. The minimum Gasteiger partial charge on any atom is -0.377 e. The fourth-order valence-electron chi connectivity index (χ4n) is 4.37. The van der Waals surface area contributed by atoms with Crippen LogP contribution in [0.2, 0.25) is 5.15 Å². The Morgan fingerprint density at radius 3 is 2.76 bits per heavy atom. The van der Waals surface area contributed by atoms with Crippen LogP contribution in [-0.4, -0.2) is 29.1 Å². The SMILES string of the molecule is CCc1ncn2c3c(C(C)Nc4ccc(Cl)nc4-c4noc(=O)[nH]4)cc(C)cc3c(=O)n(C)c12. The first-order valence-corrected chi connectivity index (χ1v) is 11.1. The summed E-state index contributed by atoms with van der Waals surface area (Å²) in [4.78, 5) is 36.2. The molecule has 0 aliphatic rings. The molecule has 0 fully saturated rings. The van der Waals surface area contributed by atoms with Gasteiger partial charge in [0, 0.05) is 7.05 Å². The second-order valence-electron chi connectivity index (χ2n) is 8.19. The smallest absolute Gasteiger partial charge is 0.377 e. The van der Waals surface area contributed by atoms with E-state index in [2.05, 4.69) is 29.9 Å². The van der Waals surface area contributed by atoms with Gasteiger partial charge in [-0.05, 0) is 49.6 Å². The molecular weight excluding hydrogens is 458 g/mol. The molecule has 0 saturated carbocycles. The van der Waals surface area contributed by atoms with Crippen molar-refractivity contribution in [2.24, 2.45) is 7.05 Å². The van der Waals surface area contributed by atoms with Crippen molar-refractivity contribution >= 4 is 33.8 Å². The van der Waals surface area contributed by atoms with Crippen molar-refractivity contribution < 1.29 is 4.52 Å². The van der Waals surface area contributed by atoms with Gasteiger partial charge in [0.15, 0.2) is 0 Å². The average molecular weight is 480 g/mol. The molecule has 0 aliphatic carbocycles. The Morgan fingerprint density at radius 1 is 1.26 bits per heavy atom. The van der Waals surface area contributed by atoms with Crippen LogP contribution < -0.4 is 16.6 Å². The van der Waals surface area contributed by atoms with Gasteiger partial charge in [-0.1, -0.05) is 29.7 Å². The third-order valence-corrected chi connectivity index (χ3v) is 6.10. The number of nitrogens with zero attached hydrogens (tertiary/aromatic N) is 5. The van der Waals surface area contributed by atoms with Crippen molar-refractivity contribution in [3.8, 4) is 11.5 Å². The maximum absolute atomic E-state index is 13.3. The normalized spacial score (nSPS) is 12.5. The van der Waals surface area contributed by atoms with Crippen LogP contribution in [0, 0.1) is 6.92 Å².